The van der Waals surface area contributed by atoms with E-state index >= 15 is 0 Å². The van der Waals surface area contributed by atoms with Crippen molar-refractivity contribution in [3.05, 3.63) is 121 Å². The summed E-state index contributed by atoms with van der Waals surface area (Å²) >= 11 is 0. The summed E-state index contributed by atoms with van der Waals surface area (Å²) in [5.74, 6) is -4.82. The Morgan fingerprint density at radius 3 is 1.99 bits per heavy atom. The molecule has 6 rings (SSSR count). The van der Waals surface area contributed by atoms with Crippen LogP contribution >= 0.6 is 10.9 Å². The second-order valence-electron chi connectivity index (χ2n) is 13.5. The SMILES string of the molecule is O=C(O)c1ccc[n+](-c2nc(Nc3cccc(S(=O)(=O)CCOS(=O)(=O)O)c3)nc(Nc3cc(S(=O)(=O)O)cc(N=NC(=NNc4cc(S(O)(O)O)ccc4S(=O)(=O)O)c4ccccc4)c3O)n2)c1. The molecule has 33 heteroatoms. The molecule has 0 unspecified atom stereocenters. The van der Waals surface area contributed by atoms with E-state index in [4.69, 9.17) is 4.55 Å². The van der Waals surface area contributed by atoms with Crippen molar-refractivity contribution < 1.29 is 84.7 Å². The van der Waals surface area contributed by atoms with E-state index < -0.39 is 125 Å². The molecule has 2 heterocycles. The Hall–Kier alpha value is -7.15. The van der Waals surface area contributed by atoms with Crippen molar-refractivity contribution in [2.24, 2.45) is 15.3 Å². The smallest absolute Gasteiger partial charge is 0.444 e. The molecule has 0 aliphatic carbocycles. The van der Waals surface area contributed by atoms with Crippen molar-refractivity contribution in [1.82, 2.24) is 15.0 Å². The van der Waals surface area contributed by atoms with Crippen LogP contribution in [0.2, 0.25) is 0 Å². The number of phenolic OH excluding ortho intramolecular Hbond substituents is 1. The number of azo groups is 1. The van der Waals surface area contributed by atoms with Gasteiger partial charge in [-0.2, -0.15) is 30.4 Å². The predicted octanol–water partition coefficient (Wildman–Crippen LogP) is 4.27. The first-order chi connectivity index (χ1) is 32.2. The van der Waals surface area contributed by atoms with Crippen LogP contribution in [0.4, 0.5) is 34.6 Å². The van der Waals surface area contributed by atoms with E-state index in [1.165, 1.54) is 54.7 Å². The first kappa shape index (κ1) is 51.2. The summed E-state index contributed by atoms with van der Waals surface area (Å²) in [4.78, 5) is 21.8. The first-order valence-electron chi connectivity index (χ1n) is 18.4. The number of aromatic carboxylic acids is 1. The van der Waals surface area contributed by atoms with Crippen molar-refractivity contribution in [3.63, 3.8) is 0 Å². The molecule has 4 aromatic carbocycles. The number of aromatic hydroxyl groups is 1. The number of hydrogen-bond donors (Lipinski definition) is 11. The van der Waals surface area contributed by atoms with E-state index in [9.17, 15) is 71.4 Å². The second-order valence-corrected chi connectivity index (χ2v) is 21.0. The zero-order valence-electron chi connectivity index (χ0n) is 34.1. The molecule has 11 N–H and O–H groups in total. The number of carboxylic acids is 1. The van der Waals surface area contributed by atoms with E-state index in [2.05, 4.69) is 50.5 Å². The van der Waals surface area contributed by atoms with Crippen LogP contribution in [0, 0.1) is 0 Å². The molecule has 28 nitrogen and oxygen atoms in total. The number of nitrogens with one attached hydrogen (secondary N) is 3. The first-order valence-corrected chi connectivity index (χ1v) is 25.8. The van der Waals surface area contributed by atoms with E-state index in [-0.39, 0.29) is 27.7 Å². The lowest BCUT2D eigenvalue weighted by molar-refractivity contribution is -0.603. The maximum Gasteiger partial charge on any atom is 0.444 e. The molecule has 0 saturated carbocycles. The van der Waals surface area contributed by atoms with Gasteiger partial charge in [0.2, 0.25) is 5.84 Å². The van der Waals surface area contributed by atoms with Crippen LogP contribution in [0.3, 0.4) is 0 Å². The number of aromatic nitrogens is 4. The van der Waals surface area contributed by atoms with Crippen LogP contribution in [0.5, 0.6) is 5.75 Å². The number of pyridine rings is 1. The number of carboxylic acid groups (broad SMARTS) is 1. The minimum atomic E-state index is -5.13. The van der Waals surface area contributed by atoms with Gasteiger partial charge in [-0.1, -0.05) is 36.4 Å². The summed E-state index contributed by atoms with van der Waals surface area (Å²) in [6.45, 7) is -0.925. The number of benzene rings is 4. The van der Waals surface area contributed by atoms with Gasteiger partial charge in [0.15, 0.2) is 15.6 Å². The Morgan fingerprint density at radius 2 is 1.35 bits per heavy atom. The Balaban J connectivity index is 1.43. The van der Waals surface area contributed by atoms with Gasteiger partial charge in [-0.05, 0) is 70.6 Å². The summed E-state index contributed by atoms with van der Waals surface area (Å²) in [6, 6.07) is 18.6. The van der Waals surface area contributed by atoms with E-state index in [0.29, 0.717) is 6.07 Å². The maximum absolute atomic E-state index is 13.0. The van der Waals surface area contributed by atoms with Gasteiger partial charge in [-0.15, -0.1) is 15.2 Å². The highest BCUT2D eigenvalue weighted by molar-refractivity contribution is 8.19. The highest BCUT2D eigenvalue weighted by Crippen LogP contribution is 2.45. The van der Waals surface area contributed by atoms with Crippen molar-refractivity contribution in [1.29, 1.82) is 0 Å². The lowest BCUT2D eigenvalue weighted by Gasteiger charge is -2.20. The van der Waals surface area contributed by atoms with Gasteiger partial charge in [0.1, 0.15) is 21.5 Å². The van der Waals surface area contributed by atoms with Crippen LogP contribution in [0.1, 0.15) is 15.9 Å². The molecular weight excluding hydrogens is 1020 g/mol. The fourth-order valence-electron chi connectivity index (χ4n) is 5.55. The summed E-state index contributed by atoms with van der Waals surface area (Å²) in [5.41, 5.74) is 0.282. The van der Waals surface area contributed by atoms with Gasteiger partial charge in [0.05, 0.1) is 56.4 Å². The minimum Gasteiger partial charge on any atom is -0.504 e. The average molecular weight is 1050 g/mol. The molecule has 364 valence electrons. The zero-order valence-corrected chi connectivity index (χ0v) is 38.2. The number of rotatable bonds is 18. The third-order valence-electron chi connectivity index (χ3n) is 8.66. The fraction of sp³-hybridized carbons (Fsp3) is 0.0556. The molecule has 2 aromatic heterocycles. The van der Waals surface area contributed by atoms with Gasteiger partial charge < -0.3 is 34.5 Å². The van der Waals surface area contributed by atoms with Gasteiger partial charge in [-0.25, -0.2) is 22.0 Å². The van der Waals surface area contributed by atoms with E-state index in [1.807, 2.05) is 0 Å². The Labute approximate surface area is 391 Å². The molecule has 0 saturated heterocycles. The molecular formula is C36H33N10O18S5+. The van der Waals surface area contributed by atoms with E-state index in [0.717, 1.165) is 47.2 Å². The molecule has 0 aliphatic rings. The van der Waals surface area contributed by atoms with Gasteiger partial charge >= 0.3 is 34.2 Å². The Morgan fingerprint density at radius 1 is 0.681 bits per heavy atom. The van der Waals surface area contributed by atoms with Crippen molar-refractivity contribution in [2.45, 2.75) is 19.6 Å². The van der Waals surface area contributed by atoms with E-state index in [1.54, 1.807) is 6.07 Å². The second kappa shape index (κ2) is 20.2. The summed E-state index contributed by atoms with van der Waals surface area (Å²) in [7, 11) is -23.7. The third-order valence-corrected chi connectivity index (χ3v) is 13.4. The molecule has 69 heavy (non-hydrogen) atoms. The summed E-state index contributed by atoms with van der Waals surface area (Å²) in [5, 5.41) is 38.2. The summed E-state index contributed by atoms with van der Waals surface area (Å²) < 4.78 is 160. The largest absolute Gasteiger partial charge is 0.504 e. The van der Waals surface area contributed by atoms with Crippen molar-refractivity contribution >= 4 is 97.8 Å². The topological polar surface area (TPSA) is 440 Å². The highest BCUT2D eigenvalue weighted by atomic mass is 32.3. The maximum atomic E-state index is 13.0. The minimum absolute atomic E-state index is 0.00484. The quantitative estimate of drug-likeness (QED) is 0.0109. The van der Waals surface area contributed by atoms with Gasteiger partial charge in [0, 0.05) is 11.3 Å². The number of nitrogens with zero attached hydrogens (tertiary/aromatic N) is 7. The number of sulfone groups is 1. The molecule has 0 spiro atoms. The molecule has 0 atom stereocenters. The lowest BCUT2D eigenvalue weighted by atomic mass is 10.2. The van der Waals surface area contributed by atoms with Crippen LogP contribution in [-0.4, -0.2) is 110 Å². The Kier molecular flexibility index (Phi) is 15.0. The number of amidine groups is 1. The van der Waals surface area contributed by atoms with Crippen LogP contribution in [0.15, 0.2) is 144 Å². The Bertz CT molecular complexity index is 3490. The van der Waals surface area contributed by atoms with Crippen molar-refractivity contribution in [2.75, 3.05) is 28.4 Å². The van der Waals surface area contributed by atoms with Crippen LogP contribution in [0.25, 0.3) is 5.95 Å². The number of anilines is 5. The van der Waals surface area contributed by atoms with Crippen molar-refractivity contribution in [3.8, 4) is 11.7 Å². The molecule has 0 radical (unpaired) electrons. The average Bonchev–Trinajstić information content (AvgIpc) is 3.26. The summed E-state index contributed by atoms with van der Waals surface area (Å²) in [6.07, 6.45) is 2.43. The van der Waals surface area contributed by atoms with Crippen LogP contribution < -0.4 is 20.6 Å². The normalized spacial score (nSPS) is 13.0. The zero-order chi connectivity index (χ0) is 50.5. The third kappa shape index (κ3) is 13.7. The lowest BCUT2D eigenvalue weighted by Crippen LogP contribution is -2.34. The molecule has 0 aliphatic heterocycles. The van der Waals surface area contributed by atoms with Gasteiger partial charge in [-0.3, -0.25) is 19.1 Å². The highest BCUT2D eigenvalue weighted by Gasteiger charge is 2.26. The number of phenols is 1. The van der Waals surface area contributed by atoms with Gasteiger partial charge in [0.25, 0.3) is 20.2 Å². The molecule has 0 amide bonds. The fourth-order valence-corrected chi connectivity index (χ4v) is 8.76. The molecule has 6 aromatic rings. The van der Waals surface area contributed by atoms with Crippen LogP contribution in [-0.2, 0) is 44.7 Å². The standard InChI is InChI=1S/C36H32N10O18S5/c47-31-28(18-26(67(55,56)57)19-29(31)43-45-32(21-6-2-1-3-7-21)44-42-27-17-25(66(52,53)54)11-12-30(27)68(58,59)60)38-35-39-34(40-36(41-35)46-13-5-8-22(20-46)33(48)49)37-23-9-4-10-24(16-23)65(50,51)15-14-64-69(61,62)63/h1-13,16-20H,14-15H2,(H10-,37,38,39,40,41,42,43,44,45,47,48,49,52,53,54,55,56,57,58,59,60,61,62,63)/p+1. The molecule has 0 fully saturated rings. The number of hydrogen-bond acceptors (Lipinski definition) is 22. The molecule has 0 bridgehead atoms. The monoisotopic (exact) mass is 1050 g/mol. The predicted molar refractivity (Wildman–Crippen MR) is 240 cm³/mol. The number of hydrazone groups is 1. The number of carbonyl (C=O) groups is 1.